The van der Waals surface area contributed by atoms with Crippen molar-refractivity contribution in [3.63, 3.8) is 0 Å². The molecule has 0 aromatic heterocycles. The number of carbonyl (C=O) groups is 1. The average molecular weight is 490 g/mol. The number of nitrogens with one attached hydrogen (secondary N) is 1. The lowest BCUT2D eigenvalue weighted by Crippen LogP contribution is -2.39. The lowest BCUT2D eigenvalue weighted by atomic mass is 10.2. The van der Waals surface area contributed by atoms with Gasteiger partial charge in [-0.25, -0.2) is 13.8 Å². The van der Waals surface area contributed by atoms with Crippen molar-refractivity contribution >= 4 is 45.3 Å². The molecule has 0 unspecified atom stereocenters. The van der Waals surface area contributed by atoms with Gasteiger partial charge in [0.05, 0.1) is 17.7 Å². The second kappa shape index (κ2) is 10.7. The van der Waals surface area contributed by atoms with Crippen molar-refractivity contribution in [3.05, 3.63) is 99.5 Å². The van der Waals surface area contributed by atoms with Crippen molar-refractivity contribution in [2.45, 2.75) is 18.4 Å². The first-order valence-corrected chi connectivity index (χ1v) is 11.8. The number of rotatable bonds is 8. The Balaban J connectivity index is 1.78. The molecule has 1 amide bonds. The Bertz CT molecular complexity index is 1190. The highest BCUT2D eigenvalue weighted by Gasteiger charge is 2.27. The lowest BCUT2D eigenvalue weighted by Gasteiger charge is -2.21. The van der Waals surface area contributed by atoms with Crippen molar-refractivity contribution in [3.8, 4) is 0 Å². The van der Waals surface area contributed by atoms with Crippen molar-refractivity contribution in [1.29, 1.82) is 0 Å². The third-order valence-corrected chi connectivity index (χ3v) is 6.83. The predicted molar refractivity (Wildman–Crippen MR) is 127 cm³/mol. The fourth-order valence-corrected chi connectivity index (χ4v) is 4.44. The van der Waals surface area contributed by atoms with Gasteiger partial charge in [0.25, 0.3) is 5.91 Å². The molecular formula is C23H21Cl2N3O3S. The number of sulfonamides is 1. The molecule has 0 bridgehead atoms. The Morgan fingerprint density at radius 3 is 2.09 bits per heavy atom. The number of hydrogen-bond acceptors (Lipinski definition) is 4. The largest absolute Gasteiger partial charge is 0.272 e. The summed E-state index contributed by atoms with van der Waals surface area (Å²) in [6.45, 7) is 1.54. The molecule has 0 fully saturated rings. The summed E-state index contributed by atoms with van der Waals surface area (Å²) in [4.78, 5) is 12.5. The predicted octanol–water partition coefficient (Wildman–Crippen LogP) is 4.64. The molecule has 0 saturated heterocycles. The van der Waals surface area contributed by atoms with Crippen molar-refractivity contribution in [1.82, 2.24) is 9.73 Å². The lowest BCUT2D eigenvalue weighted by molar-refractivity contribution is -0.121. The van der Waals surface area contributed by atoms with Crippen LogP contribution >= 0.6 is 23.2 Å². The number of aryl methyl sites for hydroxylation is 1. The van der Waals surface area contributed by atoms with Gasteiger partial charge in [0.2, 0.25) is 10.0 Å². The van der Waals surface area contributed by atoms with Crippen LogP contribution in [0.1, 0.15) is 16.7 Å². The number of halogens is 2. The van der Waals surface area contributed by atoms with Gasteiger partial charge in [-0.15, -0.1) is 0 Å². The molecular weight excluding hydrogens is 469 g/mol. The maximum atomic E-state index is 13.2. The quantitative estimate of drug-likeness (QED) is 0.369. The number of amides is 1. The van der Waals surface area contributed by atoms with Crippen LogP contribution in [0.4, 0.5) is 0 Å². The summed E-state index contributed by atoms with van der Waals surface area (Å²) in [5.41, 5.74) is 4.99. The van der Waals surface area contributed by atoms with Gasteiger partial charge in [-0.05, 0) is 54.4 Å². The zero-order valence-electron chi connectivity index (χ0n) is 17.2. The summed E-state index contributed by atoms with van der Waals surface area (Å²) in [5.74, 6) is -0.570. The van der Waals surface area contributed by atoms with E-state index in [0.29, 0.717) is 15.6 Å². The highest BCUT2D eigenvalue weighted by molar-refractivity contribution is 7.89. The van der Waals surface area contributed by atoms with E-state index < -0.39 is 22.5 Å². The van der Waals surface area contributed by atoms with Crippen LogP contribution in [0, 0.1) is 6.92 Å². The Labute approximate surface area is 197 Å². The molecule has 0 atom stereocenters. The first-order chi connectivity index (χ1) is 15.2. The van der Waals surface area contributed by atoms with Crippen LogP contribution in [0.2, 0.25) is 10.0 Å². The molecule has 1 N–H and O–H groups in total. The average Bonchev–Trinajstić information content (AvgIpc) is 2.76. The minimum atomic E-state index is -3.97. The summed E-state index contributed by atoms with van der Waals surface area (Å²) in [5, 5.41) is 4.87. The minimum absolute atomic E-state index is 0.0166. The molecule has 0 aliphatic carbocycles. The Morgan fingerprint density at radius 2 is 1.50 bits per heavy atom. The zero-order chi connectivity index (χ0) is 23.1. The molecule has 3 rings (SSSR count). The molecule has 3 aromatic rings. The molecule has 3 aromatic carbocycles. The Kier molecular flexibility index (Phi) is 8.04. The van der Waals surface area contributed by atoms with E-state index in [1.165, 1.54) is 30.5 Å². The smallest absolute Gasteiger partial charge is 0.255 e. The fraction of sp³-hybridized carbons (Fsp3) is 0.130. The van der Waals surface area contributed by atoms with E-state index in [1.54, 1.807) is 24.3 Å². The maximum Gasteiger partial charge on any atom is 0.255 e. The van der Waals surface area contributed by atoms with E-state index in [2.05, 4.69) is 10.5 Å². The standard InChI is InChI=1S/C23H21Cl2N3O3S/c1-17-2-4-18(5-3-17)14-26-27-23(29)16-28(15-19-6-8-20(24)9-7-19)32(30,31)22-12-10-21(25)11-13-22/h2-14H,15-16H2,1H3,(H,27,29)/b26-14-. The summed E-state index contributed by atoms with van der Waals surface area (Å²) in [6, 6.07) is 20.1. The van der Waals surface area contributed by atoms with E-state index >= 15 is 0 Å². The van der Waals surface area contributed by atoms with Crippen molar-refractivity contribution in [2.24, 2.45) is 5.10 Å². The van der Waals surface area contributed by atoms with Gasteiger partial charge < -0.3 is 0 Å². The minimum Gasteiger partial charge on any atom is -0.272 e. The Morgan fingerprint density at radius 1 is 0.938 bits per heavy atom. The molecule has 32 heavy (non-hydrogen) atoms. The molecule has 0 aliphatic rings. The molecule has 6 nitrogen and oxygen atoms in total. The third-order valence-electron chi connectivity index (χ3n) is 4.52. The van der Waals surface area contributed by atoms with Gasteiger partial charge in [-0.2, -0.15) is 9.41 Å². The normalized spacial score (nSPS) is 11.8. The van der Waals surface area contributed by atoms with E-state index in [0.717, 1.165) is 15.4 Å². The van der Waals surface area contributed by atoms with Gasteiger partial charge in [0, 0.05) is 16.6 Å². The third kappa shape index (κ3) is 6.64. The maximum absolute atomic E-state index is 13.2. The van der Waals surface area contributed by atoms with Gasteiger partial charge in [0.15, 0.2) is 0 Å². The summed E-state index contributed by atoms with van der Waals surface area (Å²) in [7, 11) is -3.97. The first kappa shape index (κ1) is 23.9. The monoisotopic (exact) mass is 489 g/mol. The number of nitrogens with zero attached hydrogens (tertiary/aromatic N) is 2. The van der Waals surface area contributed by atoms with Crippen molar-refractivity contribution in [2.75, 3.05) is 6.54 Å². The fourth-order valence-electron chi connectivity index (χ4n) is 2.80. The number of benzene rings is 3. The highest BCUT2D eigenvalue weighted by Crippen LogP contribution is 2.21. The van der Waals surface area contributed by atoms with Gasteiger partial charge in [-0.3, -0.25) is 4.79 Å². The molecule has 166 valence electrons. The van der Waals surface area contributed by atoms with Crippen LogP contribution in [-0.4, -0.2) is 31.4 Å². The molecule has 0 aliphatic heterocycles. The molecule has 0 radical (unpaired) electrons. The SMILES string of the molecule is Cc1ccc(/C=N\NC(=O)CN(Cc2ccc(Cl)cc2)S(=O)(=O)c2ccc(Cl)cc2)cc1. The van der Waals surface area contributed by atoms with Crippen LogP contribution in [0.15, 0.2) is 82.8 Å². The van der Waals surface area contributed by atoms with Crippen LogP contribution in [-0.2, 0) is 21.4 Å². The van der Waals surface area contributed by atoms with E-state index in [9.17, 15) is 13.2 Å². The van der Waals surface area contributed by atoms with Gasteiger partial charge in [-0.1, -0.05) is 65.2 Å². The van der Waals surface area contributed by atoms with E-state index in [4.69, 9.17) is 23.2 Å². The number of carbonyl (C=O) groups excluding carboxylic acids is 1. The summed E-state index contributed by atoms with van der Waals surface area (Å²) >= 11 is 11.8. The highest BCUT2D eigenvalue weighted by atomic mass is 35.5. The second-order valence-corrected chi connectivity index (χ2v) is 9.87. The van der Waals surface area contributed by atoms with Crippen molar-refractivity contribution < 1.29 is 13.2 Å². The van der Waals surface area contributed by atoms with Gasteiger partial charge >= 0.3 is 0 Å². The van der Waals surface area contributed by atoms with E-state index in [-0.39, 0.29) is 11.4 Å². The van der Waals surface area contributed by atoms with Crippen LogP contribution < -0.4 is 5.43 Å². The molecule has 9 heteroatoms. The van der Waals surface area contributed by atoms with Crippen LogP contribution in [0.25, 0.3) is 0 Å². The topological polar surface area (TPSA) is 78.8 Å². The van der Waals surface area contributed by atoms with Gasteiger partial charge in [0.1, 0.15) is 0 Å². The summed E-state index contributed by atoms with van der Waals surface area (Å²) in [6.07, 6.45) is 1.49. The number of hydrazone groups is 1. The van der Waals surface area contributed by atoms with E-state index in [1.807, 2.05) is 31.2 Å². The van der Waals surface area contributed by atoms with Crippen LogP contribution in [0.5, 0.6) is 0 Å². The van der Waals surface area contributed by atoms with Crippen LogP contribution in [0.3, 0.4) is 0 Å². The first-order valence-electron chi connectivity index (χ1n) is 9.63. The second-order valence-electron chi connectivity index (χ2n) is 7.06. The number of hydrogen-bond donors (Lipinski definition) is 1. The zero-order valence-corrected chi connectivity index (χ0v) is 19.5. The summed E-state index contributed by atoms with van der Waals surface area (Å²) < 4.78 is 27.5. The molecule has 0 heterocycles. The Hall–Kier alpha value is -2.71. The molecule has 0 spiro atoms. The molecule has 0 saturated carbocycles.